The number of urea groups is 1. The van der Waals surface area contributed by atoms with Crippen LogP contribution in [0, 0.1) is 0 Å². The Hall–Kier alpha value is -1.28. The van der Waals surface area contributed by atoms with Crippen LogP contribution in [0.15, 0.2) is 6.33 Å². The highest BCUT2D eigenvalue weighted by atomic mass is 32.2. The molecule has 2 aliphatic heterocycles. The van der Waals surface area contributed by atoms with Crippen LogP contribution in [0.3, 0.4) is 0 Å². The highest BCUT2D eigenvalue weighted by molar-refractivity contribution is 8.00. The fourth-order valence-electron chi connectivity index (χ4n) is 2.69. The first kappa shape index (κ1) is 14.6. The lowest BCUT2D eigenvalue weighted by Gasteiger charge is -2.32. The van der Waals surface area contributed by atoms with Crippen molar-refractivity contribution in [2.24, 2.45) is 7.05 Å². The zero-order valence-electron chi connectivity index (χ0n) is 12.2. The van der Waals surface area contributed by atoms with Crippen LogP contribution in [-0.4, -0.2) is 62.9 Å². The lowest BCUT2D eigenvalue weighted by atomic mass is 10.2. The molecule has 3 heterocycles. The number of nitrogens with one attached hydrogen (secondary N) is 1. The van der Waals surface area contributed by atoms with Crippen molar-refractivity contribution < 1.29 is 9.53 Å². The van der Waals surface area contributed by atoms with Crippen molar-refractivity contribution in [1.82, 2.24) is 25.0 Å². The molecule has 0 unspecified atom stereocenters. The van der Waals surface area contributed by atoms with Gasteiger partial charge < -0.3 is 19.5 Å². The minimum atomic E-state index is -0.196. The van der Waals surface area contributed by atoms with Crippen LogP contribution in [0.1, 0.15) is 24.8 Å². The van der Waals surface area contributed by atoms with Crippen molar-refractivity contribution in [2.75, 3.05) is 32.0 Å². The molecule has 0 spiro atoms. The number of amides is 2. The van der Waals surface area contributed by atoms with E-state index in [1.54, 1.807) is 6.33 Å². The number of nitrogens with zero attached hydrogens (tertiary/aromatic N) is 4. The zero-order valence-corrected chi connectivity index (χ0v) is 13.0. The molecule has 1 aromatic rings. The summed E-state index contributed by atoms with van der Waals surface area (Å²) < 4.78 is 7.55. The molecule has 21 heavy (non-hydrogen) atoms. The third-order valence-electron chi connectivity index (χ3n) is 3.89. The number of hydrogen-bond acceptors (Lipinski definition) is 5. The molecular formula is C13H21N5O2S. The summed E-state index contributed by atoms with van der Waals surface area (Å²) in [5, 5.41) is 11.6. The highest BCUT2D eigenvalue weighted by Crippen LogP contribution is 2.25. The summed E-state index contributed by atoms with van der Waals surface area (Å²) in [5.74, 6) is 1.98. The van der Waals surface area contributed by atoms with Crippen molar-refractivity contribution in [1.29, 1.82) is 0 Å². The van der Waals surface area contributed by atoms with Gasteiger partial charge in [0.05, 0.1) is 13.2 Å². The molecule has 2 amide bonds. The van der Waals surface area contributed by atoms with Gasteiger partial charge in [-0.1, -0.05) is 0 Å². The SMILES string of the molecule is Cn1cnnc1[C@@H]1CN(C(=O)NC[C@H]2CCCS2)CCO1. The van der Waals surface area contributed by atoms with Crippen LogP contribution in [0.2, 0.25) is 0 Å². The van der Waals surface area contributed by atoms with E-state index in [9.17, 15) is 4.79 Å². The molecule has 3 rings (SSSR count). The van der Waals surface area contributed by atoms with Crippen LogP contribution in [0.25, 0.3) is 0 Å². The smallest absolute Gasteiger partial charge is 0.317 e. The van der Waals surface area contributed by atoms with Gasteiger partial charge in [-0.15, -0.1) is 10.2 Å². The van der Waals surface area contributed by atoms with E-state index in [1.807, 2.05) is 28.3 Å². The van der Waals surface area contributed by atoms with Crippen molar-refractivity contribution in [3.05, 3.63) is 12.2 Å². The van der Waals surface area contributed by atoms with Crippen molar-refractivity contribution in [3.63, 3.8) is 0 Å². The van der Waals surface area contributed by atoms with Crippen molar-refractivity contribution in [2.45, 2.75) is 24.2 Å². The molecule has 2 atom stereocenters. The van der Waals surface area contributed by atoms with E-state index in [1.165, 1.54) is 18.6 Å². The second-order valence-electron chi connectivity index (χ2n) is 5.43. The van der Waals surface area contributed by atoms with Crippen LogP contribution in [-0.2, 0) is 11.8 Å². The third-order valence-corrected chi connectivity index (χ3v) is 5.29. The van der Waals surface area contributed by atoms with Gasteiger partial charge in [-0.3, -0.25) is 0 Å². The number of hydrogen-bond donors (Lipinski definition) is 1. The molecule has 1 N–H and O–H groups in total. The number of aromatic nitrogens is 3. The average molecular weight is 311 g/mol. The fourth-order valence-corrected chi connectivity index (χ4v) is 3.89. The Kier molecular flexibility index (Phi) is 4.64. The summed E-state index contributed by atoms with van der Waals surface area (Å²) >= 11 is 1.95. The lowest BCUT2D eigenvalue weighted by molar-refractivity contribution is -0.0214. The summed E-state index contributed by atoms with van der Waals surface area (Å²) in [7, 11) is 1.88. The number of ether oxygens (including phenoxy) is 1. The van der Waals surface area contributed by atoms with Gasteiger partial charge in [-0.2, -0.15) is 11.8 Å². The van der Waals surface area contributed by atoms with Gasteiger partial charge in [0.1, 0.15) is 12.4 Å². The van der Waals surface area contributed by atoms with Crippen LogP contribution in [0.5, 0.6) is 0 Å². The zero-order chi connectivity index (χ0) is 14.7. The predicted molar refractivity (Wildman–Crippen MR) is 80.1 cm³/mol. The van der Waals surface area contributed by atoms with E-state index in [-0.39, 0.29) is 12.1 Å². The second-order valence-corrected chi connectivity index (χ2v) is 6.83. The van der Waals surface area contributed by atoms with Gasteiger partial charge in [0.2, 0.25) is 0 Å². The van der Waals surface area contributed by atoms with Crippen LogP contribution < -0.4 is 5.32 Å². The monoisotopic (exact) mass is 311 g/mol. The number of aryl methyl sites for hydroxylation is 1. The van der Waals surface area contributed by atoms with Gasteiger partial charge in [0.15, 0.2) is 5.82 Å². The molecule has 1 aromatic heterocycles. The van der Waals surface area contributed by atoms with Crippen LogP contribution >= 0.6 is 11.8 Å². The average Bonchev–Trinajstić information content (AvgIpc) is 3.16. The van der Waals surface area contributed by atoms with Gasteiger partial charge in [-0.05, 0) is 18.6 Å². The molecule has 0 saturated carbocycles. The maximum absolute atomic E-state index is 12.3. The minimum absolute atomic E-state index is 0.00188. The Bertz CT molecular complexity index is 489. The maximum Gasteiger partial charge on any atom is 0.317 e. The quantitative estimate of drug-likeness (QED) is 0.894. The molecule has 2 fully saturated rings. The number of rotatable bonds is 3. The highest BCUT2D eigenvalue weighted by Gasteiger charge is 2.28. The Balaban J connectivity index is 1.53. The van der Waals surface area contributed by atoms with Crippen molar-refractivity contribution in [3.8, 4) is 0 Å². The molecule has 2 aliphatic rings. The molecule has 0 aromatic carbocycles. The first-order valence-corrected chi connectivity index (χ1v) is 8.39. The van der Waals surface area contributed by atoms with E-state index in [2.05, 4.69) is 15.5 Å². The molecule has 0 radical (unpaired) electrons. The normalized spacial score (nSPS) is 26.0. The largest absolute Gasteiger partial charge is 0.366 e. The van der Waals surface area contributed by atoms with Gasteiger partial charge >= 0.3 is 6.03 Å². The molecule has 8 heteroatoms. The fraction of sp³-hybridized carbons (Fsp3) is 0.769. The van der Waals surface area contributed by atoms with E-state index in [4.69, 9.17) is 4.74 Å². The standard InChI is InChI=1S/C13H21N5O2S/c1-17-9-15-16-12(17)11-8-18(4-5-20-11)13(19)14-7-10-3-2-6-21-10/h9-11H,2-8H2,1H3,(H,14,19)/t10-,11+/m1/s1. The summed E-state index contributed by atoms with van der Waals surface area (Å²) in [6.45, 7) is 2.44. The molecule has 116 valence electrons. The third kappa shape index (κ3) is 3.49. The van der Waals surface area contributed by atoms with E-state index in [0.717, 1.165) is 12.4 Å². The Labute approximate surface area is 128 Å². The molecular weight excluding hydrogens is 290 g/mol. The number of carbonyl (C=O) groups excluding carboxylic acids is 1. The maximum atomic E-state index is 12.3. The first-order chi connectivity index (χ1) is 10.2. The summed E-state index contributed by atoms with van der Waals surface area (Å²) in [6, 6.07) is -0.00188. The second kappa shape index (κ2) is 6.65. The number of thioether (sulfide) groups is 1. The molecule has 0 bridgehead atoms. The van der Waals surface area contributed by atoms with Gasteiger partial charge in [0.25, 0.3) is 0 Å². The van der Waals surface area contributed by atoms with E-state index in [0.29, 0.717) is 24.9 Å². The topological polar surface area (TPSA) is 72.3 Å². The molecule has 0 aliphatic carbocycles. The number of carbonyl (C=O) groups is 1. The lowest BCUT2D eigenvalue weighted by Crippen LogP contribution is -2.48. The van der Waals surface area contributed by atoms with Gasteiger partial charge in [-0.25, -0.2) is 4.79 Å². The molecule has 2 saturated heterocycles. The summed E-state index contributed by atoms with van der Waals surface area (Å²) in [5.41, 5.74) is 0. The summed E-state index contributed by atoms with van der Waals surface area (Å²) in [6.07, 6.45) is 3.92. The Morgan fingerprint density at radius 1 is 1.62 bits per heavy atom. The number of morpholine rings is 1. The van der Waals surface area contributed by atoms with E-state index >= 15 is 0 Å². The van der Waals surface area contributed by atoms with Gasteiger partial charge in [0, 0.05) is 25.4 Å². The summed E-state index contributed by atoms with van der Waals surface area (Å²) in [4.78, 5) is 14.1. The van der Waals surface area contributed by atoms with Crippen molar-refractivity contribution >= 4 is 17.8 Å². The minimum Gasteiger partial charge on any atom is -0.366 e. The Morgan fingerprint density at radius 2 is 2.52 bits per heavy atom. The van der Waals surface area contributed by atoms with Crippen LogP contribution in [0.4, 0.5) is 4.79 Å². The first-order valence-electron chi connectivity index (χ1n) is 7.34. The Morgan fingerprint density at radius 3 is 3.24 bits per heavy atom. The predicted octanol–water partition coefficient (Wildman–Crippen LogP) is 0.794. The van der Waals surface area contributed by atoms with E-state index < -0.39 is 0 Å². The molecule has 7 nitrogen and oxygen atoms in total.